The van der Waals surface area contributed by atoms with E-state index >= 15 is 0 Å². The molecule has 3 rings (SSSR count). The first kappa shape index (κ1) is 14.2. The molecule has 0 radical (unpaired) electrons. The molecule has 2 aromatic rings. The minimum Gasteiger partial charge on any atom is -0.315 e. The maximum absolute atomic E-state index is 4.40. The zero-order chi connectivity index (χ0) is 14.3. The Bertz CT molecular complexity index is 480. The summed E-state index contributed by atoms with van der Waals surface area (Å²) in [5.74, 6) is 0.591. The van der Waals surface area contributed by atoms with Gasteiger partial charge in [0.05, 0.1) is 5.69 Å². The smallest absolute Gasteiger partial charge is 0.0590 e. The van der Waals surface area contributed by atoms with Gasteiger partial charge in [0.15, 0.2) is 0 Å². The largest absolute Gasteiger partial charge is 0.315 e. The van der Waals surface area contributed by atoms with E-state index in [2.05, 4.69) is 50.5 Å². The molecule has 1 saturated heterocycles. The van der Waals surface area contributed by atoms with Crippen molar-refractivity contribution in [3.05, 3.63) is 60.2 Å². The van der Waals surface area contributed by atoms with Crippen molar-refractivity contribution in [2.24, 2.45) is 5.92 Å². The molecule has 0 aliphatic carbocycles. The van der Waals surface area contributed by atoms with Crippen LogP contribution in [-0.4, -0.2) is 41.0 Å². The van der Waals surface area contributed by atoms with Gasteiger partial charge in [-0.3, -0.25) is 14.9 Å². The zero-order valence-corrected chi connectivity index (χ0v) is 12.3. The first-order valence-electron chi connectivity index (χ1n) is 7.62. The van der Waals surface area contributed by atoms with Crippen LogP contribution in [0.4, 0.5) is 0 Å². The van der Waals surface area contributed by atoms with Crippen LogP contribution in [0.15, 0.2) is 48.9 Å². The van der Waals surface area contributed by atoms with Crippen LogP contribution in [0.25, 0.3) is 0 Å². The van der Waals surface area contributed by atoms with E-state index < -0.39 is 0 Å². The van der Waals surface area contributed by atoms with E-state index in [1.807, 2.05) is 6.20 Å². The van der Waals surface area contributed by atoms with E-state index in [0.29, 0.717) is 5.92 Å². The van der Waals surface area contributed by atoms with Crippen LogP contribution in [0, 0.1) is 5.92 Å². The molecule has 1 aromatic carbocycles. The Morgan fingerprint density at radius 2 is 2.10 bits per heavy atom. The summed E-state index contributed by atoms with van der Waals surface area (Å²) in [7, 11) is 0. The molecule has 110 valence electrons. The third-order valence-corrected chi connectivity index (χ3v) is 3.92. The molecular weight excluding hydrogens is 260 g/mol. The number of aromatic nitrogens is 2. The van der Waals surface area contributed by atoms with Crippen molar-refractivity contribution in [2.75, 3.05) is 26.2 Å². The minimum absolute atomic E-state index is 0.591. The van der Waals surface area contributed by atoms with Crippen molar-refractivity contribution in [3.63, 3.8) is 0 Å². The van der Waals surface area contributed by atoms with E-state index in [-0.39, 0.29) is 0 Å². The maximum atomic E-state index is 4.40. The molecular formula is C17H22N4. The summed E-state index contributed by atoms with van der Waals surface area (Å²) < 4.78 is 0. The SMILES string of the molecule is c1ccc(CN2CCNC[C@@H](Cc3cnccn3)C2)cc1. The Balaban J connectivity index is 1.61. The van der Waals surface area contributed by atoms with Crippen molar-refractivity contribution in [1.82, 2.24) is 20.2 Å². The fraction of sp³-hybridized carbons (Fsp3) is 0.412. The van der Waals surface area contributed by atoms with Crippen LogP contribution in [0.5, 0.6) is 0 Å². The van der Waals surface area contributed by atoms with E-state index in [1.54, 1.807) is 12.4 Å². The van der Waals surface area contributed by atoms with Gasteiger partial charge in [0.2, 0.25) is 0 Å². The summed E-state index contributed by atoms with van der Waals surface area (Å²) in [5, 5.41) is 3.54. The lowest BCUT2D eigenvalue weighted by Crippen LogP contribution is -2.30. The summed E-state index contributed by atoms with van der Waals surface area (Å²) >= 11 is 0. The highest BCUT2D eigenvalue weighted by atomic mass is 15.2. The number of benzene rings is 1. The summed E-state index contributed by atoms with van der Waals surface area (Å²) in [6.07, 6.45) is 6.39. The first-order valence-corrected chi connectivity index (χ1v) is 7.62. The molecule has 21 heavy (non-hydrogen) atoms. The van der Waals surface area contributed by atoms with Gasteiger partial charge in [0.25, 0.3) is 0 Å². The Hall–Kier alpha value is -1.78. The molecule has 0 saturated carbocycles. The molecule has 1 aliphatic heterocycles. The Morgan fingerprint density at radius 1 is 1.19 bits per heavy atom. The molecule has 4 nitrogen and oxygen atoms in total. The van der Waals surface area contributed by atoms with Gasteiger partial charge in [-0.2, -0.15) is 0 Å². The van der Waals surface area contributed by atoms with Crippen LogP contribution in [0.1, 0.15) is 11.3 Å². The van der Waals surface area contributed by atoms with E-state index in [4.69, 9.17) is 0 Å². The van der Waals surface area contributed by atoms with Crippen molar-refractivity contribution >= 4 is 0 Å². The topological polar surface area (TPSA) is 41.0 Å². The molecule has 1 aliphatic rings. The summed E-state index contributed by atoms with van der Waals surface area (Å²) in [6, 6.07) is 10.7. The Morgan fingerprint density at radius 3 is 2.90 bits per heavy atom. The van der Waals surface area contributed by atoms with E-state index in [0.717, 1.165) is 44.8 Å². The molecule has 0 spiro atoms. The number of nitrogens with one attached hydrogen (secondary N) is 1. The third-order valence-electron chi connectivity index (χ3n) is 3.92. The predicted octanol–water partition coefficient (Wildman–Crippen LogP) is 1.74. The molecule has 0 bridgehead atoms. The molecule has 1 aromatic heterocycles. The average molecular weight is 282 g/mol. The second-order valence-electron chi connectivity index (χ2n) is 5.69. The number of nitrogens with zero attached hydrogens (tertiary/aromatic N) is 3. The molecule has 1 atom stereocenters. The van der Waals surface area contributed by atoms with Crippen molar-refractivity contribution < 1.29 is 0 Å². The highest BCUT2D eigenvalue weighted by Crippen LogP contribution is 2.12. The summed E-state index contributed by atoms with van der Waals surface area (Å²) in [4.78, 5) is 11.1. The normalized spacial score (nSPS) is 20.1. The number of rotatable bonds is 4. The van der Waals surface area contributed by atoms with Gasteiger partial charge < -0.3 is 5.32 Å². The third kappa shape index (κ3) is 4.34. The number of hydrogen-bond acceptors (Lipinski definition) is 4. The van der Waals surface area contributed by atoms with Crippen molar-refractivity contribution in [1.29, 1.82) is 0 Å². The molecule has 2 heterocycles. The zero-order valence-electron chi connectivity index (χ0n) is 12.3. The first-order chi connectivity index (χ1) is 10.4. The predicted molar refractivity (Wildman–Crippen MR) is 83.8 cm³/mol. The fourth-order valence-corrected chi connectivity index (χ4v) is 2.92. The highest BCUT2D eigenvalue weighted by molar-refractivity contribution is 5.14. The molecule has 0 unspecified atom stereocenters. The van der Waals surface area contributed by atoms with Gasteiger partial charge in [-0.15, -0.1) is 0 Å². The summed E-state index contributed by atoms with van der Waals surface area (Å²) in [6.45, 7) is 5.36. The lowest BCUT2D eigenvalue weighted by Gasteiger charge is -2.23. The second-order valence-corrected chi connectivity index (χ2v) is 5.69. The molecule has 1 N–H and O–H groups in total. The van der Waals surface area contributed by atoms with Gasteiger partial charge in [0.1, 0.15) is 0 Å². The molecule has 1 fully saturated rings. The fourth-order valence-electron chi connectivity index (χ4n) is 2.92. The standard InChI is InChI=1S/C17H22N4/c1-2-4-15(5-3-1)13-21-9-8-19-11-16(14-21)10-17-12-18-6-7-20-17/h1-7,12,16,19H,8-11,13-14H2/t16-/m1/s1. The van der Waals surface area contributed by atoms with Gasteiger partial charge in [-0.1, -0.05) is 30.3 Å². The van der Waals surface area contributed by atoms with Crippen LogP contribution >= 0.6 is 0 Å². The quantitative estimate of drug-likeness (QED) is 0.927. The highest BCUT2D eigenvalue weighted by Gasteiger charge is 2.18. The molecule has 4 heteroatoms. The average Bonchev–Trinajstić information content (AvgIpc) is 2.74. The lowest BCUT2D eigenvalue weighted by atomic mass is 10.0. The van der Waals surface area contributed by atoms with Gasteiger partial charge >= 0.3 is 0 Å². The van der Waals surface area contributed by atoms with Crippen LogP contribution in [0.3, 0.4) is 0 Å². The van der Waals surface area contributed by atoms with Crippen LogP contribution in [-0.2, 0) is 13.0 Å². The lowest BCUT2D eigenvalue weighted by molar-refractivity contribution is 0.248. The van der Waals surface area contributed by atoms with Gasteiger partial charge in [0, 0.05) is 44.8 Å². The van der Waals surface area contributed by atoms with E-state index in [1.165, 1.54) is 5.56 Å². The maximum Gasteiger partial charge on any atom is 0.0590 e. The summed E-state index contributed by atoms with van der Waals surface area (Å²) in [5.41, 5.74) is 2.48. The van der Waals surface area contributed by atoms with E-state index in [9.17, 15) is 0 Å². The second kappa shape index (κ2) is 7.29. The Labute approximate surface area is 126 Å². The number of hydrogen-bond donors (Lipinski definition) is 1. The van der Waals surface area contributed by atoms with Gasteiger partial charge in [-0.25, -0.2) is 0 Å². The minimum atomic E-state index is 0.591. The molecule has 0 amide bonds. The Kier molecular flexibility index (Phi) is 4.92. The van der Waals surface area contributed by atoms with Crippen molar-refractivity contribution in [3.8, 4) is 0 Å². The van der Waals surface area contributed by atoms with Gasteiger partial charge in [-0.05, 0) is 24.4 Å². The van der Waals surface area contributed by atoms with Crippen molar-refractivity contribution in [2.45, 2.75) is 13.0 Å². The van der Waals surface area contributed by atoms with Crippen LogP contribution in [0.2, 0.25) is 0 Å². The van der Waals surface area contributed by atoms with Crippen LogP contribution < -0.4 is 5.32 Å². The monoisotopic (exact) mass is 282 g/mol.